The second-order valence-electron chi connectivity index (χ2n) is 6.17. The number of amides is 1. The zero-order chi connectivity index (χ0) is 14.2. The number of fused-ring (bicyclic) bond motifs is 1. The number of rotatable bonds is 3. The first-order valence-corrected chi connectivity index (χ1v) is 7.27. The van der Waals surface area contributed by atoms with Crippen LogP contribution in [0.25, 0.3) is 0 Å². The molecule has 2 aliphatic rings. The number of hydrogen-bond acceptors (Lipinski definition) is 3. The third-order valence-corrected chi connectivity index (χ3v) is 4.78. The van der Waals surface area contributed by atoms with Crippen molar-refractivity contribution in [2.45, 2.75) is 38.1 Å². The van der Waals surface area contributed by atoms with Crippen molar-refractivity contribution in [3.8, 4) is 5.75 Å². The van der Waals surface area contributed by atoms with Crippen LogP contribution in [0.5, 0.6) is 5.75 Å². The number of ether oxygens (including phenoxy) is 1. The van der Waals surface area contributed by atoms with Gasteiger partial charge in [0.05, 0.1) is 6.61 Å². The highest BCUT2D eigenvalue weighted by molar-refractivity contribution is 5.85. The lowest BCUT2D eigenvalue weighted by molar-refractivity contribution is -0.124. The zero-order valence-corrected chi connectivity index (χ0v) is 11.8. The van der Waals surface area contributed by atoms with Crippen molar-refractivity contribution in [1.82, 2.24) is 5.32 Å². The van der Waals surface area contributed by atoms with Crippen molar-refractivity contribution in [2.24, 2.45) is 5.41 Å². The number of carbonyl (C=O) groups excluding carboxylic acids is 1. The SMILES string of the molecule is CC1(CO)CCCC1NC(=O)C1COc2ccccc21. The summed E-state index contributed by atoms with van der Waals surface area (Å²) < 4.78 is 5.56. The molecule has 4 heteroatoms. The second-order valence-corrected chi connectivity index (χ2v) is 6.17. The van der Waals surface area contributed by atoms with E-state index in [2.05, 4.69) is 5.32 Å². The lowest BCUT2D eigenvalue weighted by Gasteiger charge is -2.30. The first-order chi connectivity index (χ1) is 9.64. The highest BCUT2D eigenvalue weighted by Gasteiger charge is 2.41. The van der Waals surface area contributed by atoms with Crippen LogP contribution < -0.4 is 10.1 Å². The minimum absolute atomic E-state index is 0.0153. The smallest absolute Gasteiger partial charge is 0.231 e. The Morgan fingerprint density at radius 3 is 3.10 bits per heavy atom. The molecule has 3 atom stereocenters. The van der Waals surface area contributed by atoms with Crippen LogP contribution in [0.4, 0.5) is 0 Å². The largest absolute Gasteiger partial charge is 0.492 e. The van der Waals surface area contributed by atoms with E-state index in [1.54, 1.807) is 0 Å². The van der Waals surface area contributed by atoms with Crippen molar-refractivity contribution >= 4 is 5.91 Å². The normalized spacial score (nSPS) is 31.7. The van der Waals surface area contributed by atoms with E-state index >= 15 is 0 Å². The Balaban J connectivity index is 1.72. The summed E-state index contributed by atoms with van der Waals surface area (Å²) in [4.78, 5) is 12.5. The van der Waals surface area contributed by atoms with Gasteiger partial charge in [-0.3, -0.25) is 4.79 Å². The second kappa shape index (κ2) is 5.09. The Morgan fingerprint density at radius 2 is 2.30 bits per heavy atom. The summed E-state index contributed by atoms with van der Waals surface area (Å²) in [6.07, 6.45) is 2.96. The van der Waals surface area contributed by atoms with Crippen molar-refractivity contribution in [3.63, 3.8) is 0 Å². The third-order valence-electron chi connectivity index (χ3n) is 4.78. The summed E-state index contributed by atoms with van der Waals surface area (Å²) in [5.41, 5.74) is 0.781. The number of carbonyl (C=O) groups is 1. The maximum absolute atomic E-state index is 12.5. The van der Waals surface area contributed by atoms with E-state index in [0.717, 1.165) is 30.6 Å². The molecule has 3 unspecified atom stereocenters. The van der Waals surface area contributed by atoms with E-state index in [-0.39, 0.29) is 29.9 Å². The Labute approximate surface area is 119 Å². The number of hydrogen-bond donors (Lipinski definition) is 2. The van der Waals surface area contributed by atoms with Crippen LogP contribution in [0.3, 0.4) is 0 Å². The molecular formula is C16H21NO3. The van der Waals surface area contributed by atoms with E-state index < -0.39 is 0 Å². The summed E-state index contributed by atoms with van der Waals surface area (Å²) in [7, 11) is 0. The molecule has 0 saturated heterocycles. The first-order valence-electron chi connectivity index (χ1n) is 7.27. The quantitative estimate of drug-likeness (QED) is 0.885. The zero-order valence-electron chi connectivity index (χ0n) is 11.8. The molecule has 20 heavy (non-hydrogen) atoms. The van der Waals surface area contributed by atoms with Crippen LogP contribution in [-0.2, 0) is 4.79 Å². The standard InChI is InChI=1S/C16H21NO3/c1-16(10-18)8-4-7-14(16)17-15(19)12-9-20-13-6-3-2-5-11(12)13/h2-3,5-6,12,14,18H,4,7-10H2,1H3,(H,17,19). The molecule has 2 N–H and O–H groups in total. The van der Waals surface area contributed by atoms with Gasteiger partial charge in [-0.25, -0.2) is 0 Å². The van der Waals surface area contributed by atoms with Gasteiger partial charge in [-0.15, -0.1) is 0 Å². The summed E-state index contributed by atoms with van der Waals surface area (Å²) >= 11 is 0. The van der Waals surface area contributed by atoms with Crippen LogP contribution in [-0.4, -0.2) is 30.3 Å². The van der Waals surface area contributed by atoms with E-state index in [0.29, 0.717) is 6.61 Å². The van der Waals surface area contributed by atoms with Crippen molar-refractivity contribution in [1.29, 1.82) is 0 Å². The number of nitrogens with one attached hydrogen (secondary N) is 1. The van der Waals surface area contributed by atoms with Gasteiger partial charge < -0.3 is 15.2 Å². The Morgan fingerprint density at radius 1 is 1.50 bits per heavy atom. The average molecular weight is 275 g/mol. The molecule has 1 fully saturated rings. The lowest BCUT2D eigenvalue weighted by Crippen LogP contribution is -2.46. The predicted molar refractivity (Wildman–Crippen MR) is 75.7 cm³/mol. The van der Waals surface area contributed by atoms with Crippen molar-refractivity contribution in [2.75, 3.05) is 13.2 Å². The topological polar surface area (TPSA) is 58.6 Å². The summed E-state index contributed by atoms with van der Waals surface area (Å²) in [5, 5.41) is 12.7. The molecule has 1 aliphatic carbocycles. The molecule has 0 radical (unpaired) electrons. The van der Waals surface area contributed by atoms with Gasteiger partial charge >= 0.3 is 0 Å². The summed E-state index contributed by atoms with van der Waals surface area (Å²) in [6.45, 7) is 2.58. The third kappa shape index (κ3) is 2.18. The highest BCUT2D eigenvalue weighted by Crippen LogP contribution is 2.39. The van der Waals surface area contributed by atoms with E-state index in [9.17, 15) is 9.90 Å². The summed E-state index contributed by atoms with van der Waals surface area (Å²) in [5.74, 6) is 0.597. The van der Waals surface area contributed by atoms with Gasteiger partial charge in [0.25, 0.3) is 0 Å². The van der Waals surface area contributed by atoms with Crippen LogP contribution in [0.2, 0.25) is 0 Å². The molecule has 0 spiro atoms. The maximum Gasteiger partial charge on any atom is 0.231 e. The fourth-order valence-electron chi connectivity index (χ4n) is 3.32. The van der Waals surface area contributed by atoms with Gasteiger partial charge in [-0.2, -0.15) is 0 Å². The van der Waals surface area contributed by atoms with Crippen molar-refractivity contribution < 1.29 is 14.6 Å². The van der Waals surface area contributed by atoms with Gasteiger partial charge in [-0.05, 0) is 18.9 Å². The Bertz CT molecular complexity index is 516. The fourth-order valence-corrected chi connectivity index (χ4v) is 3.32. The van der Waals surface area contributed by atoms with Crippen LogP contribution in [0.15, 0.2) is 24.3 Å². The number of para-hydroxylation sites is 1. The number of aliphatic hydroxyl groups is 1. The molecule has 108 valence electrons. The monoisotopic (exact) mass is 275 g/mol. The van der Waals surface area contributed by atoms with Gasteiger partial charge in [0, 0.05) is 17.0 Å². The Kier molecular flexibility index (Phi) is 3.42. The number of aliphatic hydroxyl groups excluding tert-OH is 1. The van der Waals surface area contributed by atoms with Gasteiger partial charge in [-0.1, -0.05) is 31.5 Å². The van der Waals surface area contributed by atoms with Crippen molar-refractivity contribution in [3.05, 3.63) is 29.8 Å². The molecule has 0 aromatic heterocycles. The molecule has 4 nitrogen and oxygen atoms in total. The van der Waals surface area contributed by atoms with Gasteiger partial charge in [0.1, 0.15) is 18.3 Å². The van der Waals surface area contributed by atoms with Crippen LogP contribution >= 0.6 is 0 Å². The maximum atomic E-state index is 12.5. The predicted octanol–water partition coefficient (Wildman–Crippen LogP) is 1.83. The minimum Gasteiger partial charge on any atom is -0.492 e. The van der Waals surface area contributed by atoms with Crippen LogP contribution in [0.1, 0.15) is 37.7 Å². The molecule has 1 aromatic rings. The molecule has 1 heterocycles. The lowest BCUT2D eigenvalue weighted by atomic mass is 9.85. The molecule has 0 bridgehead atoms. The molecule has 1 aromatic carbocycles. The highest BCUT2D eigenvalue weighted by atomic mass is 16.5. The van der Waals surface area contributed by atoms with E-state index in [4.69, 9.17) is 4.74 Å². The minimum atomic E-state index is -0.227. The molecule has 1 saturated carbocycles. The molecule has 1 amide bonds. The van der Waals surface area contributed by atoms with E-state index in [1.165, 1.54) is 0 Å². The first kappa shape index (κ1) is 13.4. The van der Waals surface area contributed by atoms with Gasteiger partial charge in [0.2, 0.25) is 5.91 Å². The van der Waals surface area contributed by atoms with E-state index in [1.807, 2.05) is 31.2 Å². The fraction of sp³-hybridized carbons (Fsp3) is 0.562. The number of benzene rings is 1. The molecular weight excluding hydrogens is 254 g/mol. The molecule has 1 aliphatic heterocycles. The Hall–Kier alpha value is -1.55. The average Bonchev–Trinajstić information content (AvgIpc) is 3.04. The summed E-state index contributed by atoms with van der Waals surface area (Å²) in [6, 6.07) is 7.76. The molecule has 3 rings (SSSR count). The van der Waals surface area contributed by atoms with Crippen LogP contribution in [0, 0.1) is 5.41 Å². The van der Waals surface area contributed by atoms with Gasteiger partial charge in [0.15, 0.2) is 0 Å².